The molecule has 0 fully saturated rings. The van der Waals surface area contributed by atoms with Crippen molar-refractivity contribution in [3.8, 4) is 5.88 Å². The Morgan fingerprint density at radius 1 is 1.44 bits per heavy atom. The van der Waals surface area contributed by atoms with Gasteiger partial charge in [0.2, 0.25) is 11.8 Å². The number of nitrogens with one attached hydrogen (secondary N) is 1. The van der Waals surface area contributed by atoms with E-state index in [-0.39, 0.29) is 5.88 Å². The lowest BCUT2D eigenvalue weighted by atomic mass is 10.4. The molecule has 0 aliphatic carbocycles. The van der Waals surface area contributed by atoms with Crippen LogP contribution in [0, 0.1) is 6.92 Å². The number of rotatable bonds is 4. The third-order valence-corrected chi connectivity index (χ3v) is 1.77. The Morgan fingerprint density at radius 2 is 2.12 bits per heavy atom. The van der Waals surface area contributed by atoms with Gasteiger partial charge >= 0.3 is 6.18 Å². The van der Waals surface area contributed by atoms with Gasteiger partial charge in [0.25, 0.3) is 0 Å². The molecule has 1 rings (SSSR count). The Balaban J connectivity index is 2.59. The predicted molar refractivity (Wildman–Crippen MR) is 52.5 cm³/mol. The standard InChI is InChI=1S/C9H12F3N3O/c1-6-5-14-8(13-2)15-7(6)16-4-3-9(10,11)12/h5H,3-4H2,1-2H3,(H,13,14,15). The average Bonchev–Trinajstić information content (AvgIpc) is 2.19. The van der Waals surface area contributed by atoms with Gasteiger partial charge in [-0.25, -0.2) is 4.98 Å². The zero-order valence-electron chi connectivity index (χ0n) is 8.93. The third-order valence-electron chi connectivity index (χ3n) is 1.77. The minimum Gasteiger partial charge on any atom is -0.477 e. The molecule has 0 aliphatic rings. The number of anilines is 1. The van der Waals surface area contributed by atoms with E-state index in [9.17, 15) is 13.2 Å². The zero-order valence-corrected chi connectivity index (χ0v) is 8.93. The molecule has 90 valence electrons. The van der Waals surface area contributed by atoms with Crippen molar-refractivity contribution in [2.75, 3.05) is 19.0 Å². The molecule has 0 spiro atoms. The van der Waals surface area contributed by atoms with Crippen molar-refractivity contribution in [3.63, 3.8) is 0 Å². The van der Waals surface area contributed by atoms with Crippen LogP contribution in [-0.2, 0) is 0 Å². The van der Waals surface area contributed by atoms with E-state index in [1.165, 1.54) is 6.20 Å². The van der Waals surface area contributed by atoms with Crippen molar-refractivity contribution in [1.29, 1.82) is 0 Å². The van der Waals surface area contributed by atoms with E-state index in [1.54, 1.807) is 14.0 Å². The summed E-state index contributed by atoms with van der Waals surface area (Å²) in [6, 6.07) is 0. The molecule has 0 amide bonds. The van der Waals surface area contributed by atoms with Crippen LogP contribution in [0.4, 0.5) is 19.1 Å². The van der Waals surface area contributed by atoms with Crippen molar-refractivity contribution in [3.05, 3.63) is 11.8 Å². The molecule has 0 radical (unpaired) electrons. The molecule has 0 aliphatic heterocycles. The third kappa shape index (κ3) is 3.92. The maximum absolute atomic E-state index is 11.9. The van der Waals surface area contributed by atoms with Gasteiger partial charge in [-0.15, -0.1) is 0 Å². The Morgan fingerprint density at radius 3 is 2.69 bits per heavy atom. The molecule has 7 heteroatoms. The number of alkyl halides is 3. The van der Waals surface area contributed by atoms with E-state index in [2.05, 4.69) is 15.3 Å². The van der Waals surface area contributed by atoms with Crippen molar-refractivity contribution in [1.82, 2.24) is 9.97 Å². The Kier molecular flexibility index (Phi) is 3.92. The highest BCUT2D eigenvalue weighted by Gasteiger charge is 2.27. The summed E-state index contributed by atoms with van der Waals surface area (Å²) in [5.41, 5.74) is 0.598. The number of aromatic nitrogens is 2. The maximum Gasteiger partial charge on any atom is 0.392 e. The summed E-state index contributed by atoms with van der Waals surface area (Å²) in [5, 5.41) is 2.68. The summed E-state index contributed by atoms with van der Waals surface area (Å²) < 4.78 is 40.6. The fraction of sp³-hybridized carbons (Fsp3) is 0.556. The molecule has 1 heterocycles. The number of halogens is 3. The van der Waals surface area contributed by atoms with E-state index in [1.807, 2.05) is 0 Å². The topological polar surface area (TPSA) is 47.0 Å². The van der Waals surface area contributed by atoms with Crippen LogP contribution in [0.5, 0.6) is 5.88 Å². The van der Waals surface area contributed by atoms with Gasteiger partial charge in [-0.1, -0.05) is 0 Å². The molecule has 0 unspecified atom stereocenters. The van der Waals surface area contributed by atoms with E-state index in [0.29, 0.717) is 11.5 Å². The van der Waals surface area contributed by atoms with E-state index >= 15 is 0 Å². The van der Waals surface area contributed by atoms with Gasteiger partial charge in [0.05, 0.1) is 13.0 Å². The minimum absolute atomic E-state index is 0.170. The first-order valence-electron chi connectivity index (χ1n) is 4.63. The van der Waals surface area contributed by atoms with Crippen LogP contribution >= 0.6 is 0 Å². The van der Waals surface area contributed by atoms with Gasteiger partial charge in [-0.3, -0.25) is 0 Å². The molecular formula is C9H12F3N3O. The van der Waals surface area contributed by atoms with E-state index in [0.717, 1.165) is 0 Å². The van der Waals surface area contributed by atoms with Gasteiger partial charge in [-0.2, -0.15) is 18.2 Å². The summed E-state index contributed by atoms with van der Waals surface area (Å²) in [4.78, 5) is 7.79. The molecule has 0 bridgehead atoms. The zero-order chi connectivity index (χ0) is 12.2. The first-order chi connectivity index (χ1) is 7.42. The van der Waals surface area contributed by atoms with Crippen LogP contribution in [0.3, 0.4) is 0 Å². The second-order valence-corrected chi connectivity index (χ2v) is 3.15. The fourth-order valence-electron chi connectivity index (χ4n) is 0.956. The lowest BCUT2D eigenvalue weighted by Gasteiger charge is -2.10. The number of hydrogen-bond donors (Lipinski definition) is 1. The monoisotopic (exact) mass is 235 g/mol. The lowest BCUT2D eigenvalue weighted by molar-refractivity contribution is -0.139. The van der Waals surface area contributed by atoms with Crippen molar-refractivity contribution >= 4 is 5.95 Å². The quantitative estimate of drug-likeness (QED) is 0.868. The average molecular weight is 235 g/mol. The first kappa shape index (κ1) is 12.5. The van der Waals surface area contributed by atoms with Crippen LogP contribution in [0.1, 0.15) is 12.0 Å². The van der Waals surface area contributed by atoms with Crippen LogP contribution in [0.2, 0.25) is 0 Å². The Labute approximate surface area is 90.9 Å². The molecular weight excluding hydrogens is 223 g/mol. The highest BCUT2D eigenvalue weighted by molar-refractivity contribution is 5.31. The van der Waals surface area contributed by atoms with E-state index < -0.39 is 19.2 Å². The van der Waals surface area contributed by atoms with Crippen LogP contribution < -0.4 is 10.1 Å². The predicted octanol–water partition coefficient (Wildman–Crippen LogP) is 2.16. The molecule has 4 nitrogen and oxygen atoms in total. The van der Waals surface area contributed by atoms with Crippen molar-refractivity contribution in [2.24, 2.45) is 0 Å². The summed E-state index contributed by atoms with van der Waals surface area (Å²) in [6.07, 6.45) is -3.72. The largest absolute Gasteiger partial charge is 0.477 e. The first-order valence-corrected chi connectivity index (χ1v) is 4.63. The van der Waals surface area contributed by atoms with Crippen LogP contribution in [0.15, 0.2) is 6.20 Å². The van der Waals surface area contributed by atoms with Crippen molar-refractivity contribution in [2.45, 2.75) is 19.5 Å². The summed E-state index contributed by atoms with van der Waals surface area (Å²) in [6.45, 7) is 1.23. The minimum atomic E-state index is -4.22. The Hall–Kier alpha value is -1.53. The molecule has 1 N–H and O–H groups in total. The number of hydrogen-bond acceptors (Lipinski definition) is 4. The molecule has 16 heavy (non-hydrogen) atoms. The van der Waals surface area contributed by atoms with Gasteiger partial charge in [0, 0.05) is 18.8 Å². The molecule has 0 atom stereocenters. The maximum atomic E-state index is 11.9. The summed E-state index contributed by atoms with van der Waals surface area (Å²) in [7, 11) is 1.62. The van der Waals surface area contributed by atoms with Crippen molar-refractivity contribution < 1.29 is 17.9 Å². The van der Waals surface area contributed by atoms with Gasteiger partial charge < -0.3 is 10.1 Å². The normalized spacial score (nSPS) is 11.3. The number of aryl methyl sites for hydroxylation is 1. The summed E-state index contributed by atoms with van der Waals surface area (Å²) >= 11 is 0. The molecule has 1 aromatic heterocycles. The number of nitrogens with zero attached hydrogens (tertiary/aromatic N) is 2. The highest BCUT2D eigenvalue weighted by atomic mass is 19.4. The Bertz CT molecular complexity index is 354. The van der Waals surface area contributed by atoms with Gasteiger partial charge in [0.15, 0.2) is 0 Å². The molecule has 1 aromatic rings. The molecule has 0 saturated carbocycles. The second-order valence-electron chi connectivity index (χ2n) is 3.15. The SMILES string of the molecule is CNc1ncc(C)c(OCCC(F)(F)F)n1. The van der Waals surface area contributed by atoms with Crippen LogP contribution in [0.25, 0.3) is 0 Å². The van der Waals surface area contributed by atoms with Gasteiger partial charge in [0.1, 0.15) is 0 Å². The molecule has 0 aromatic carbocycles. The second kappa shape index (κ2) is 5.00. The van der Waals surface area contributed by atoms with E-state index in [4.69, 9.17) is 4.74 Å². The fourth-order valence-corrected chi connectivity index (χ4v) is 0.956. The van der Waals surface area contributed by atoms with Crippen LogP contribution in [-0.4, -0.2) is 29.8 Å². The summed E-state index contributed by atoms with van der Waals surface area (Å²) in [5.74, 6) is 0.483. The smallest absolute Gasteiger partial charge is 0.392 e. The highest BCUT2D eigenvalue weighted by Crippen LogP contribution is 2.21. The molecule has 0 saturated heterocycles. The van der Waals surface area contributed by atoms with Gasteiger partial charge in [-0.05, 0) is 6.92 Å². The number of ether oxygens (including phenoxy) is 1. The lowest BCUT2D eigenvalue weighted by Crippen LogP contribution is -2.14.